The first-order chi connectivity index (χ1) is 9.90. The molecule has 0 aliphatic carbocycles. The number of aromatic nitrogens is 1. The summed E-state index contributed by atoms with van der Waals surface area (Å²) in [6.45, 7) is 3.71. The summed E-state index contributed by atoms with van der Waals surface area (Å²) in [5, 5.41) is 13.6. The maximum Gasteiger partial charge on any atom is 0.354 e. The number of hydrogen-bond donors (Lipinski definition) is 3. The van der Waals surface area contributed by atoms with Crippen molar-refractivity contribution in [2.24, 2.45) is 11.7 Å². The molecule has 2 aromatic rings. The van der Waals surface area contributed by atoms with E-state index in [0.29, 0.717) is 5.82 Å². The van der Waals surface area contributed by atoms with E-state index < -0.39 is 17.9 Å². The summed E-state index contributed by atoms with van der Waals surface area (Å²) in [4.78, 5) is 26.8. The molecule has 21 heavy (non-hydrogen) atoms. The average molecular weight is 287 g/mol. The van der Waals surface area contributed by atoms with Crippen molar-refractivity contribution in [2.45, 2.75) is 19.9 Å². The largest absolute Gasteiger partial charge is 0.477 e. The summed E-state index contributed by atoms with van der Waals surface area (Å²) in [6, 6.07) is 8.12. The standard InChI is InChI=1S/C15H17N3O3/c1-8(2)12(13(16)19)18-14-10-6-4-3-5-9(10)7-11(17-14)15(20)21/h3-8,12H,1-2H3,(H2,16,19)(H,17,18)(H,20,21). The Bertz CT molecular complexity index is 698. The SMILES string of the molecule is CC(C)C(Nc1nc(C(=O)O)cc2ccccc12)C(N)=O. The van der Waals surface area contributed by atoms with E-state index in [1.54, 1.807) is 6.07 Å². The molecule has 6 heteroatoms. The first-order valence-corrected chi connectivity index (χ1v) is 6.59. The summed E-state index contributed by atoms with van der Waals surface area (Å²) >= 11 is 0. The van der Waals surface area contributed by atoms with Crippen LogP contribution in [-0.4, -0.2) is 28.0 Å². The summed E-state index contributed by atoms with van der Waals surface area (Å²) in [5.74, 6) is -1.32. The second-order valence-corrected chi connectivity index (χ2v) is 5.15. The molecular formula is C15H17N3O3. The number of benzene rings is 1. The van der Waals surface area contributed by atoms with Gasteiger partial charge in [0, 0.05) is 5.39 Å². The molecule has 0 aliphatic heterocycles. The topological polar surface area (TPSA) is 105 Å². The zero-order chi connectivity index (χ0) is 15.6. The van der Waals surface area contributed by atoms with Crippen molar-refractivity contribution in [1.29, 1.82) is 0 Å². The zero-order valence-corrected chi connectivity index (χ0v) is 11.8. The van der Waals surface area contributed by atoms with Crippen LogP contribution in [0.2, 0.25) is 0 Å². The lowest BCUT2D eigenvalue weighted by atomic mass is 10.0. The lowest BCUT2D eigenvalue weighted by molar-refractivity contribution is -0.119. The van der Waals surface area contributed by atoms with Crippen LogP contribution in [-0.2, 0) is 4.79 Å². The van der Waals surface area contributed by atoms with E-state index in [9.17, 15) is 9.59 Å². The van der Waals surface area contributed by atoms with E-state index in [-0.39, 0.29) is 11.6 Å². The van der Waals surface area contributed by atoms with Crippen molar-refractivity contribution in [3.8, 4) is 0 Å². The molecule has 4 N–H and O–H groups in total. The molecule has 1 unspecified atom stereocenters. The van der Waals surface area contributed by atoms with Crippen LogP contribution in [0.4, 0.5) is 5.82 Å². The molecule has 110 valence electrons. The van der Waals surface area contributed by atoms with Crippen molar-refractivity contribution in [3.63, 3.8) is 0 Å². The number of primary amides is 1. The smallest absolute Gasteiger partial charge is 0.354 e. The fraction of sp³-hybridized carbons (Fsp3) is 0.267. The fourth-order valence-electron chi connectivity index (χ4n) is 2.13. The number of nitrogens with two attached hydrogens (primary N) is 1. The van der Waals surface area contributed by atoms with Gasteiger partial charge in [-0.25, -0.2) is 9.78 Å². The molecule has 2 rings (SSSR count). The maximum atomic E-state index is 11.5. The number of carboxylic acids is 1. The van der Waals surface area contributed by atoms with Gasteiger partial charge in [0.25, 0.3) is 0 Å². The zero-order valence-electron chi connectivity index (χ0n) is 11.8. The van der Waals surface area contributed by atoms with Gasteiger partial charge in [-0.2, -0.15) is 0 Å². The molecule has 0 bridgehead atoms. The predicted molar refractivity (Wildman–Crippen MR) is 80.1 cm³/mol. The Kier molecular flexibility index (Phi) is 4.07. The second-order valence-electron chi connectivity index (χ2n) is 5.15. The minimum Gasteiger partial charge on any atom is -0.477 e. The Balaban J connectivity index is 2.55. The van der Waals surface area contributed by atoms with Gasteiger partial charge in [0.1, 0.15) is 11.9 Å². The average Bonchev–Trinajstić information content (AvgIpc) is 2.43. The summed E-state index contributed by atoms with van der Waals surface area (Å²) in [6.07, 6.45) is 0. The summed E-state index contributed by atoms with van der Waals surface area (Å²) in [7, 11) is 0. The number of anilines is 1. The molecule has 0 spiro atoms. The number of fused-ring (bicyclic) bond motifs is 1. The van der Waals surface area contributed by atoms with Crippen molar-refractivity contribution in [1.82, 2.24) is 4.98 Å². The highest BCUT2D eigenvalue weighted by molar-refractivity contribution is 5.98. The first kappa shape index (κ1) is 14.8. The molecule has 0 saturated heterocycles. The number of carboxylic acid groups (broad SMARTS) is 1. The first-order valence-electron chi connectivity index (χ1n) is 6.59. The van der Waals surface area contributed by atoms with Crippen LogP contribution in [0.3, 0.4) is 0 Å². The molecule has 0 aliphatic rings. The number of nitrogens with zero attached hydrogens (tertiary/aromatic N) is 1. The third-order valence-corrected chi connectivity index (χ3v) is 3.22. The highest BCUT2D eigenvalue weighted by Gasteiger charge is 2.21. The van der Waals surface area contributed by atoms with Gasteiger partial charge in [-0.3, -0.25) is 4.79 Å². The molecule has 1 atom stereocenters. The lowest BCUT2D eigenvalue weighted by Gasteiger charge is -2.20. The molecule has 1 amide bonds. The van der Waals surface area contributed by atoms with Crippen LogP contribution >= 0.6 is 0 Å². The minimum absolute atomic E-state index is 0.0449. The molecule has 0 radical (unpaired) electrons. The Morgan fingerprint density at radius 2 is 1.95 bits per heavy atom. The van der Waals surface area contributed by atoms with Crippen LogP contribution in [0.1, 0.15) is 24.3 Å². The van der Waals surface area contributed by atoms with Gasteiger partial charge in [-0.1, -0.05) is 38.1 Å². The Labute approximate surface area is 122 Å². The lowest BCUT2D eigenvalue weighted by Crippen LogP contribution is -2.39. The van der Waals surface area contributed by atoms with Gasteiger partial charge in [-0.15, -0.1) is 0 Å². The van der Waals surface area contributed by atoms with E-state index in [1.807, 2.05) is 32.0 Å². The molecule has 0 fully saturated rings. The number of rotatable bonds is 5. The molecule has 1 heterocycles. The van der Waals surface area contributed by atoms with Crippen LogP contribution in [0.5, 0.6) is 0 Å². The Hall–Kier alpha value is -2.63. The van der Waals surface area contributed by atoms with E-state index in [4.69, 9.17) is 10.8 Å². The van der Waals surface area contributed by atoms with Gasteiger partial charge in [0.2, 0.25) is 5.91 Å². The number of hydrogen-bond acceptors (Lipinski definition) is 4. The van der Waals surface area contributed by atoms with Gasteiger partial charge in [-0.05, 0) is 17.4 Å². The fourth-order valence-corrected chi connectivity index (χ4v) is 2.13. The molecule has 1 aromatic carbocycles. The van der Waals surface area contributed by atoms with Crippen LogP contribution in [0, 0.1) is 5.92 Å². The molecule has 1 aromatic heterocycles. The number of carbonyl (C=O) groups excluding carboxylic acids is 1. The Morgan fingerprint density at radius 1 is 1.29 bits per heavy atom. The predicted octanol–water partition coefficient (Wildman–Crippen LogP) is 1.85. The van der Waals surface area contributed by atoms with Crippen molar-refractivity contribution >= 4 is 28.5 Å². The number of carbonyl (C=O) groups is 2. The number of pyridine rings is 1. The summed E-state index contributed by atoms with van der Waals surface area (Å²) in [5.41, 5.74) is 5.30. The van der Waals surface area contributed by atoms with Crippen molar-refractivity contribution in [2.75, 3.05) is 5.32 Å². The second kappa shape index (κ2) is 5.78. The minimum atomic E-state index is -1.12. The van der Waals surface area contributed by atoms with Gasteiger partial charge < -0.3 is 16.2 Å². The highest BCUT2D eigenvalue weighted by atomic mass is 16.4. The van der Waals surface area contributed by atoms with E-state index in [2.05, 4.69) is 10.3 Å². The van der Waals surface area contributed by atoms with E-state index in [0.717, 1.165) is 10.8 Å². The quantitative estimate of drug-likeness (QED) is 0.778. The van der Waals surface area contributed by atoms with E-state index >= 15 is 0 Å². The third kappa shape index (κ3) is 3.10. The van der Waals surface area contributed by atoms with Crippen LogP contribution in [0.25, 0.3) is 10.8 Å². The molecular weight excluding hydrogens is 270 g/mol. The van der Waals surface area contributed by atoms with Gasteiger partial charge >= 0.3 is 5.97 Å². The molecule has 0 saturated carbocycles. The number of amides is 1. The monoisotopic (exact) mass is 287 g/mol. The van der Waals surface area contributed by atoms with Gasteiger partial charge in [0.05, 0.1) is 0 Å². The highest BCUT2D eigenvalue weighted by Crippen LogP contribution is 2.24. The Morgan fingerprint density at radius 3 is 2.52 bits per heavy atom. The number of nitrogens with one attached hydrogen (secondary N) is 1. The van der Waals surface area contributed by atoms with Gasteiger partial charge in [0.15, 0.2) is 5.69 Å². The summed E-state index contributed by atoms with van der Waals surface area (Å²) < 4.78 is 0. The van der Waals surface area contributed by atoms with Crippen molar-refractivity contribution in [3.05, 3.63) is 36.0 Å². The normalized spacial score (nSPS) is 12.3. The van der Waals surface area contributed by atoms with Crippen LogP contribution < -0.4 is 11.1 Å². The van der Waals surface area contributed by atoms with E-state index in [1.165, 1.54) is 6.07 Å². The number of aromatic carboxylic acids is 1. The van der Waals surface area contributed by atoms with Crippen LogP contribution in [0.15, 0.2) is 30.3 Å². The third-order valence-electron chi connectivity index (χ3n) is 3.22. The van der Waals surface area contributed by atoms with Crippen molar-refractivity contribution < 1.29 is 14.7 Å². The molecule has 6 nitrogen and oxygen atoms in total. The maximum absolute atomic E-state index is 11.5.